The van der Waals surface area contributed by atoms with E-state index >= 15 is 0 Å². The van der Waals surface area contributed by atoms with E-state index in [2.05, 4.69) is 5.16 Å². The van der Waals surface area contributed by atoms with Crippen LogP contribution in [0.3, 0.4) is 0 Å². The maximum atomic E-state index is 9.08. The highest BCUT2D eigenvalue weighted by atomic mass is 16.4. The van der Waals surface area contributed by atoms with Crippen molar-refractivity contribution in [2.24, 2.45) is 5.16 Å². The lowest BCUT2D eigenvalue weighted by molar-refractivity contribution is 0.204. The monoisotopic (exact) mass is 129 g/mol. The Labute approximate surface area is 54.0 Å². The van der Waals surface area contributed by atoms with Gasteiger partial charge in [-0.2, -0.15) is 0 Å². The molecule has 1 rings (SSSR count). The van der Waals surface area contributed by atoms with Crippen LogP contribution in [-0.2, 0) is 0 Å². The lowest BCUT2D eigenvalue weighted by Gasteiger charge is -2.16. The van der Waals surface area contributed by atoms with E-state index in [1.165, 1.54) is 0 Å². The number of hydrogen-bond acceptors (Lipinski definition) is 3. The molecule has 0 heterocycles. The van der Waals surface area contributed by atoms with Crippen molar-refractivity contribution in [1.82, 2.24) is 0 Å². The summed E-state index contributed by atoms with van der Waals surface area (Å²) >= 11 is 0. The standard InChI is InChI=1S/C6H11NO2/c8-6-4-2-1-3-5(6)7-9/h6,8-9H,1-4H2/b7-5-/t6-/m1/s1. The van der Waals surface area contributed by atoms with Crippen LogP contribution in [0.25, 0.3) is 0 Å². The minimum absolute atomic E-state index is 0.483. The molecule has 9 heavy (non-hydrogen) atoms. The van der Waals surface area contributed by atoms with Crippen molar-refractivity contribution < 1.29 is 10.3 Å². The van der Waals surface area contributed by atoms with Crippen LogP contribution in [0.5, 0.6) is 0 Å². The van der Waals surface area contributed by atoms with Crippen molar-refractivity contribution in [1.29, 1.82) is 0 Å². The number of aliphatic hydroxyl groups excluding tert-OH is 1. The molecule has 0 aromatic rings. The first kappa shape index (κ1) is 6.55. The molecule has 3 nitrogen and oxygen atoms in total. The van der Waals surface area contributed by atoms with E-state index in [9.17, 15) is 0 Å². The molecule has 0 aliphatic heterocycles. The smallest absolute Gasteiger partial charge is 0.0954 e. The summed E-state index contributed by atoms with van der Waals surface area (Å²) in [5, 5.41) is 20.4. The summed E-state index contributed by atoms with van der Waals surface area (Å²) < 4.78 is 0. The van der Waals surface area contributed by atoms with Gasteiger partial charge in [-0.05, 0) is 19.3 Å². The fourth-order valence-corrected chi connectivity index (χ4v) is 1.09. The average Bonchev–Trinajstić information content (AvgIpc) is 1.89. The first-order valence-corrected chi connectivity index (χ1v) is 3.23. The molecule has 1 saturated carbocycles. The minimum atomic E-state index is -0.483. The van der Waals surface area contributed by atoms with Gasteiger partial charge in [-0.15, -0.1) is 0 Å². The van der Waals surface area contributed by atoms with Crippen molar-refractivity contribution in [2.75, 3.05) is 0 Å². The van der Waals surface area contributed by atoms with Crippen LogP contribution in [0, 0.1) is 0 Å². The van der Waals surface area contributed by atoms with Crippen LogP contribution < -0.4 is 0 Å². The van der Waals surface area contributed by atoms with Crippen molar-refractivity contribution in [3.63, 3.8) is 0 Å². The predicted octanol–water partition coefficient (Wildman–Crippen LogP) is 0.752. The van der Waals surface area contributed by atoms with E-state index in [0.29, 0.717) is 5.71 Å². The quantitative estimate of drug-likeness (QED) is 0.374. The van der Waals surface area contributed by atoms with E-state index in [0.717, 1.165) is 25.7 Å². The summed E-state index contributed by atoms with van der Waals surface area (Å²) in [6, 6.07) is 0. The van der Waals surface area contributed by atoms with Crippen LogP contribution in [0.1, 0.15) is 25.7 Å². The molecule has 1 aliphatic carbocycles. The Morgan fingerprint density at radius 2 is 2.22 bits per heavy atom. The third-order valence-corrected chi connectivity index (χ3v) is 1.67. The van der Waals surface area contributed by atoms with Gasteiger partial charge < -0.3 is 10.3 Å². The molecule has 1 aliphatic rings. The highest BCUT2D eigenvalue weighted by molar-refractivity contribution is 5.88. The van der Waals surface area contributed by atoms with Crippen molar-refractivity contribution in [2.45, 2.75) is 31.8 Å². The summed E-state index contributed by atoms with van der Waals surface area (Å²) in [5.41, 5.74) is 0.543. The lowest BCUT2D eigenvalue weighted by Crippen LogP contribution is -2.24. The Hall–Kier alpha value is -0.570. The van der Waals surface area contributed by atoms with Gasteiger partial charge in [0.25, 0.3) is 0 Å². The highest BCUT2D eigenvalue weighted by Gasteiger charge is 2.17. The summed E-state index contributed by atoms with van der Waals surface area (Å²) in [4.78, 5) is 0. The van der Waals surface area contributed by atoms with E-state index in [-0.39, 0.29) is 0 Å². The van der Waals surface area contributed by atoms with Gasteiger partial charge in [-0.1, -0.05) is 11.6 Å². The molecule has 0 amide bonds. The molecule has 1 atom stereocenters. The van der Waals surface area contributed by atoms with Gasteiger partial charge in [0.05, 0.1) is 11.8 Å². The summed E-state index contributed by atoms with van der Waals surface area (Å²) in [7, 11) is 0. The van der Waals surface area contributed by atoms with Gasteiger partial charge in [0.15, 0.2) is 0 Å². The highest BCUT2D eigenvalue weighted by Crippen LogP contribution is 2.14. The van der Waals surface area contributed by atoms with Gasteiger partial charge in [0, 0.05) is 0 Å². The maximum Gasteiger partial charge on any atom is 0.0954 e. The minimum Gasteiger partial charge on any atom is -0.411 e. The largest absolute Gasteiger partial charge is 0.411 e. The summed E-state index contributed by atoms with van der Waals surface area (Å²) in [5.74, 6) is 0. The fourth-order valence-electron chi connectivity index (χ4n) is 1.09. The van der Waals surface area contributed by atoms with Crippen LogP contribution >= 0.6 is 0 Å². The molecule has 1 fully saturated rings. The van der Waals surface area contributed by atoms with Gasteiger partial charge >= 0.3 is 0 Å². The number of oxime groups is 1. The molecule has 0 radical (unpaired) electrons. The zero-order chi connectivity index (χ0) is 6.69. The Balaban J connectivity index is 2.49. The second-order valence-electron chi connectivity index (χ2n) is 2.35. The normalized spacial score (nSPS) is 33.0. The van der Waals surface area contributed by atoms with Gasteiger partial charge in [0.1, 0.15) is 0 Å². The van der Waals surface area contributed by atoms with Gasteiger partial charge in [-0.25, -0.2) is 0 Å². The summed E-state index contributed by atoms with van der Waals surface area (Å²) in [6.07, 6.45) is 3.09. The fraction of sp³-hybridized carbons (Fsp3) is 0.833. The van der Waals surface area contributed by atoms with Crippen molar-refractivity contribution in [3.8, 4) is 0 Å². The van der Waals surface area contributed by atoms with E-state index in [4.69, 9.17) is 10.3 Å². The van der Waals surface area contributed by atoms with Crippen molar-refractivity contribution in [3.05, 3.63) is 0 Å². The first-order valence-electron chi connectivity index (χ1n) is 3.23. The van der Waals surface area contributed by atoms with Crippen LogP contribution in [0.4, 0.5) is 0 Å². The second kappa shape index (κ2) is 2.82. The van der Waals surface area contributed by atoms with Gasteiger partial charge in [-0.3, -0.25) is 0 Å². The molecular weight excluding hydrogens is 118 g/mol. The third-order valence-electron chi connectivity index (χ3n) is 1.67. The van der Waals surface area contributed by atoms with Crippen LogP contribution in [0.2, 0.25) is 0 Å². The Kier molecular flexibility index (Phi) is 2.05. The molecule has 52 valence electrons. The molecule has 0 aromatic heterocycles. The van der Waals surface area contributed by atoms with E-state index < -0.39 is 6.10 Å². The molecular formula is C6H11NO2. The van der Waals surface area contributed by atoms with Crippen molar-refractivity contribution >= 4 is 5.71 Å². The van der Waals surface area contributed by atoms with E-state index in [1.54, 1.807) is 0 Å². The maximum absolute atomic E-state index is 9.08. The molecule has 2 N–H and O–H groups in total. The topological polar surface area (TPSA) is 52.8 Å². The molecule has 0 saturated heterocycles. The Morgan fingerprint density at radius 1 is 1.44 bits per heavy atom. The van der Waals surface area contributed by atoms with Gasteiger partial charge in [0.2, 0.25) is 0 Å². The predicted molar refractivity (Wildman–Crippen MR) is 33.7 cm³/mol. The lowest BCUT2D eigenvalue weighted by atomic mass is 9.96. The van der Waals surface area contributed by atoms with Crippen LogP contribution in [-0.4, -0.2) is 22.1 Å². The summed E-state index contributed by atoms with van der Waals surface area (Å²) in [6.45, 7) is 0. The zero-order valence-corrected chi connectivity index (χ0v) is 5.25. The second-order valence-corrected chi connectivity index (χ2v) is 2.35. The van der Waals surface area contributed by atoms with Crippen LogP contribution in [0.15, 0.2) is 5.16 Å². The van der Waals surface area contributed by atoms with E-state index in [1.807, 2.05) is 0 Å². The zero-order valence-electron chi connectivity index (χ0n) is 5.25. The molecule has 0 unspecified atom stereocenters. The Morgan fingerprint density at radius 3 is 2.67 bits per heavy atom. The number of aliphatic hydroxyl groups is 1. The third kappa shape index (κ3) is 1.42. The number of nitrogens with zero attached hydrogens (tertiary/aromatic N) is 1. The Bertz CT molecular complexity index is 122. The SMILES string of the molecule is O/N=C1/CCCC[C@H]1O. The molecule has 0 spiro atoms. The first-order chi connectivity index (χ1) is 4.34. The average molecular weight is 129 g/mol. The molecule has 3 heteroatoms. The number of hydrogen-bond donors (Lipinski definition) is 2. The molecule has 0 bridgehead atoms. The number of rotatable bonds is 0. The molecule has 0 aromatic carbocycles.